The normalized spacial score (nSPS) is 10.4. The summed E-state index contributed by atoms with van der Waals surface area (Å²) in [7, 11) is 0. The summed E-state index contributed by atoms with van der Waals surface area (Å²) in [5.41, 5.74) is 0. The number of nitrogens with zero attached hydrogens (tertiary/aromatic N) is 1. The zero-order valence-corrected chi connectivity index (χ0v) is 10.7. The second-order valence-electron chi connectivity index (χ2n) is 4.29. The van der Waals surface area contributed by atoms with Crippen LogP contribution >= 0.6 is 0 Å². The molecule has 5 nitrogen and oxygen atoms in total. The molecule has 0 saturated carbocycles. The maximum Gasteiger partial charge on any atom is 0.230 e. The second-order valence-corrected chi connectivity index (χ2v) is 4.29. The van der Waals surface area contributed by atoms with Crippen molar-refractivity contribution in [1.29, 1.82) is 0 Å². The van der Waals surface area contributed by atoms with E-state index in [0.29, 0.717) is 24.6 Å². The Bertz CT molecular complexity index is 492. The molecule has 0 atom stereocenters. The molecule has 0 unspecified atom stereocenters. The Balaban J connectivity index is 2.08. The Hall–Kier alpha value is -2.30. The molecule has 0 aliphatic heterocycles. The molecule has 5 heteroatoms. The van der Waals surface area contributed by atoms with Gasteiger partial charge in [0.05, 0.1) is 32.0 Å². The maximum absolute atomic E-state index is 12.0. The van der Waals surface area contributed by atoms with Crippen LogP contribution in [-0.4, -0.2) is 16.6 Å². The van der Waals surface area contributed by atoms with Crippen molar-refractivity contribution < 1.29 is 18.4 Å². The zero-order chi connectivity index (χ0) is 13.7. The summed E-state index contributed by atoms with van der Waals surface area (Å²) < 4.78 is 10.5. The number of furan rings is 2. The SMILES string of the molecule is CC(=O)CC(=O)N(Cc1ccco1)Cc1ccco1. The fourth-order valence-electron chi connectivity index (χ4n) is 1.74. The number of hydrogen-bond donors (Lipinski definition) is 0. The molecule has 0 fully saturated rings. The molecule has 2 aromatic rings. The third-order valence-corrected chi connectivity index (χ3v) is 2.61. The van der Waals surface area contributed by atoms with Gasteiger partial charge in [-0.15, -0.1) is 0 Å². The number of carbonyl (C=O) groups excluding carboxylic acids is 2. The average Bonchev–Trinajstić information content (AvgIpc) is 2.99. The summed E-state index contributed by atoms with van der Waals surface area (Å²) in [4.78, 5) is 24.6. The topological polar surface area (TPSA) is 63.7 Å². The minimum atomic E-state index is -0.236. The summed E-state index contributed by atoms with van der Waals surface area (Å²) >= 11 is 0. The first-order valence-corrected chi connectivity index (χ1v) is 5.97. The quantitative estimate of drug-likeness (QED) is 0.749. The smallest absolute Gasteiger partial charge is 0.230 e. The van der Waals surface area contributed by atoms with Gasteiger partial charge in [-0.05, 0) is 31.2 Å². The molecule has 0 radical (unpaired) electrons. The Morgan fingerprint density at radius 1 is 1.05 bits per heavy atom. The molecule has 2 heterocycles. The summed E-state index contributed by atoms with van der Waals surface area (Å²) in [6.07, 6.45) is 2.99. The molecule has 0 N–H and O–H groups in total. The first-order valence-electron chi connectivity index (χ1n) is 5.97. The van der Waals surface area contributed by atoms with E-state index in [1.165, 1.54) is 6.92 Å². The van der Waals surface area contributed by atoms with Gasteiger partial charge in [0.15, 0.2) is 0 Å². The van der Waals surface area contributed by atoms with Crippen LogP contribution < -0.4 is 0 Å². The monoisotopic (exact) mass is 261 g/mol. The Morgan fingerprint density at radius 3 is 1.95 bits per heavy atom. The highest BCUT2D eigenvalue weighted by molar-refractivity contribution is 5.96. The number of hydrogen-bond acceptors (Lipinski definition) is 4. The summed E-state index contributed by atoms with van der Waals surface area (Å²) in [6, 6.07) is 7.10. The lowest BCUT2D eigenvalue weighted by Crippen LogP contribution is -2.31. The maximum atomic E-state index is 12.0. The molecule has 0 saturated heterocycles. The Morgan fingerprint density at radius 2 is 1.58 bits per heavy atom. The highest BCUT2D eigenvalue weighted by Gasteiger charge is 2.18. The van der Waals surface area contributed by atoms with Gasteiger partial charge < -0.3 is 13.7 Å². The number of rotatable bonds is 6. The Labute approximate surface area is 110 Å². The third kappa shape index (κ3) is 3.84. The number of amides is 1. The first-order chi connectivity index (χ1) is 9.15. The van der Waals surface area contributed by atoms with E-state index in [-0.39, 0.29) is 18.1 Å². The highest BCUT2D eigenvalue weighted by Crippen LogP contribution is 2.12. The van der Waals surface area contributed by atoms with Crippen molar-refractivity contribution >= 4 is 11.7 Å². The summed E-state index contributed by atoms with van der Waals surface area (Å²) in [5, 5.41) is 0. The molecule has 100 valence electrons. The van der Waals surface area contributed by atoms with Crippen LogP contribution in [0.1, 0.15) is 24.9 Å². The van der Waals surface area contributed by atoms with Gasteiger partial charge in [-0.3, -0.25) is 9.59 Å². The van der Waals surface area contributed by atoms with Crippen LogP contribution in [0.2, 0.25) is 0 Å². The summed E-state index contributed by atoms with van der Waals surface area (Å²) in [6.45, 7) is 2.04. The van der Waals surface area contributed by atoms with Crippen LogP contribution in [0.3, 0.4) is 0 Å². The molecule has 19 heavy (non-hydrogen) atoms. The van der Waals surface area contributed by atoms with Crippen LogP contribution in [-0.2, 0) is 22.7 Å². The van der Waals surface area contributed by atoms with E-state index < -0.39 is 0 Å². The molecule has 0 spiro atoms. The average molecular weight is 261 g/mol. The fraction of sp³-hybridized carbons (Fsp3) is 0.286. The molecule has 2 aromatic heterocycles. The van der Waals surface area contributed by atoms with E-state index in [0.717, 1.165) is 0 Å². The minimum absolute atomic E-state index is 0.110. The largest absolute Gasteiger partial charge is 0.467 e. The molecule has 2 rings (SSSR count). The number of Topliss-reactive ketones (excluding diaryl/α,β-unsaturated/α-hetero) is 1. The van der Waals surface area contributed by atoms with Gasteiger partial charge in [0.25, 0.3) is 0 Å². The predicted molar refractivity (Wildman–Crippen MR) is 67.0 cm³/mol. The Kier molecular flexibility index (Phi) is 4.18. The molecule has 0 aliphatic rings. The van der Waals surface area contributed by atoms with E-state index in [9.17, 15) is 9.59 Å². The first kappa shape index (κ1) is 13.1. The van der Waals surface area contributed by atoms with Gasteiger partial charge in [-0.1, -0.05) is 0 Å². The van der Waals surface area contributed by atoms with Crippen molar-refractivity contribution in [3.63, 3.8) is 0 Å². The van der Waals surface area contributed by atoms with Crippen LogP contribution in [0.15, 0.2) is 45.6 Å². The molecule has 0 aliphatic carbocycles. The van der Waals surface area contributed by atoms with Crippen molar-refractivity contribution in [2.45, 2.75) is 26.4 Å². The van der Waals surface area contributed by atoms with Crippen LogP contribution in [0.25, 0.3) is 0 Å². The van der Waals surface area contributed by atoms with Gasteiger partial charge in [0.2, 0.25) is 5.91 Å². The van der Waals surface area contributed by atoms with Crippen molar-refractivity contribution in [3.05, 3.63) is 48.3 Å². The summed E-state index contributed by atoms with van der Waals surface area (Å²) in [5.74, 6) is 0.945. The van der Waals surface area contributed by atoms with E-state index in [1.807, 2.05) is 0 Å². The van der Waals surface area contributed by atoms with Gasteiger partial charge in [-0.25, -0.2) is 0 Å². The minimum Gasteiger partial charge on any atom is -0.467 e. The highest BCUT2D eigenvalue weighted by atomic mass is 16.3. The predicted octanol–water partition coefficient (Wildman–Crippen LogP) is 2.38. The van der Waals surface area contributed by atoms with Crippen molar-refractivity contribution in [2.24, 2.45) is 0 Å². The zero-order valence-electron chi connectivity index (χ0n) is 10.7. The second kappa shape index (κ2) is 6.04. The van der Waals surface area contributed by atoms with Crippen molar-refractivity contribution in [3.8, 4) is 0 Å². The number of ketones is 1. The molecule has 0 bridgehead atoms. The molecule has 0 aromatic carbocycles. The van der Waals surface area contributed by atoms with Crippen LogP contribution in [0.5, 0.6) is 0 Å². The van der Waals surface area contributed by atoms with Crippen LogP contribution in [0.4, 0.5) is 0 Å². The van der Waals surface area contributed by atoms with Crippen LogP contribution in [0, 0.1) is 0 Å². The van der Waals surface area contributed by atoms with Crippen molar-refractivity contribution in [1.82, 2.24) is 4.90 Å². The molecule has 1 amide bonds. The van der Waals surface area contributed by atoms with Gasteiger partial charge in [0.1, 0.15) is 17.3 Å². The number of carbonyl (C=O) groups is 2. The van der Waals surface area contributed by atoms with E-state index >= 15 is 0 Å². The molecular weight excluding hydrogens is 246 g/mol. The third-order valence-electron chi connectivity index (χ3n) is 2.61. The lowest BCUT2D eigenvalue weighted by atomic mass is 10.2. The van der Waals surface area contributed by atoms with Gasteiger partial charge >= 0.3 is 0 Å². The lowest BCUT2D eigenvalue weighted by Gasteiger charge is -2.20. The van der Waals surface area contributed by atoms with Crippen molar-refractivity contribution in [2.75, 3.05) is 0 Å². The van der Waals surface area contributed by atoms with Gasteiger partial charge in [-0.2, -0.15) is 0 Å². The van der Waals surface area contributed by atoms with E-state index in [1.54, 1.807) is 41.7 Å². The lowest BCUT2D eigenvalue weighted by molar-refractivity contribution is -0.136. The molecular formula is C14H15NO4. The standard InChI is InChI=1S/C14H15NO4/c1-11(16)8-14(17)15(9-12-4-2-6-18-12)10-13-5-3-7-19-13/h2-7H,8-10H2,1H3. The van der Waals surface area contributed by atoms with E-state index in [2.05, 4.69) is 0 Å². The van der Waals surface area contributed by atoms with Gasteiger partial charge in [0, 0.05) is 0 Å². The fourth-order valence-corrected chi connectivity index (χ4v) is 1.74. The van der Waals surface area contributed by atoms with E-state index in [4.69, 9.17) is 8.83 Å².